The number of fused-ring (bicyclic) bond motifs is 1. The number of nitrogens with zero attached hydrogens (tertiary/aromatic N) is 4. The van der Waals surface area contributed by atoms with Crippen LogP contribution in [0.2, 0.25) is 0 Å². The van der Waals surface area contributed by atoms with Crippen LogP contribution in [-0.4, -0.2) is 26.4 Å². The third kappa shape index (κ3) is 2.57. The molecule has 0 amide bonds. The van der Waals surface area contributed by atoms with Crippen LogP contribution in [0.5, 0.6) is 0 Å². The summed E-state index contributed by atoms with van der Waals surface area (Å²) in [5, 5.41) is 1.24. The molecule has 0 saturated carbocycles. The molecular weight excluding hydrogens is 296 g/mol. The molecular formula is C20H22N4. The van der Waals surface area contributed by atoms with Crippen LogP contribution in [0.1, 0.15) is 36.8 Å². The Hall–Kier alpha value is -2.33. The first-order valence-electron chi connectivity index (χ1n) is 8.55. The fourth-order valence-corrected chi connectivity index (χ4v) is 3.73. The van der Waals surface area contributed by atoms with Crippen molar-refractivity contribution in [2.75, 3.05) is 6.54 Å². The van der Waals surface area contributed by atoms with Crippen molar-refractivity contribution in [2.45, 2.75) is 38.8 Å². The summed E-state index contributed by atoms with van der Waals surface area (Å²) >= 11 is 0. The van der Waals surface area contributed by atoms with Crippen LogP contribution in [-0.2, 0) is 12.1 Å². The van der Waals surface area contributed by atoms with Crippen LogP contribution in [0.3, 0.4) is 0 Å². The zero-order valence-corrected chi connectivity index (χ0v) is 14.2. The number of hydrogen-bond donors (Lipinski definition) is 0. The van der Waals surface area contributed by atoms with Crippen molar-refractivity contribution < 1.29 is 0 Å². The second-order valence-electron chi connectivity index (χ2n) is 6.81. The molecule has 0 aliphatic carbocycles. The van der Waals surface area contributed by atoms with Gasteiger partial charge >= 0.3 is 0 Å². The van der Waals surface area contributed by atoms with Gasteiger partial charge in [0.25, 0.3) is 0 Å². The molecule has 0 N–H and O–H groups in total. The van der Waals surface area contributed by atoms with E-state index in [9.17, 15) is 0 Å². The summed E-state index contributed by atoms with van der Waals surface area (Å²) in [5.74, 6) is 0.943. The van der Waals surface area contributed by atoms with E-state index >= 15 is 0 Å². The lowest BCUT2D eigenvalue weighted by atomic mass is 9.96. The molecule has 1 aliphatic heterocycles. The Kier molecular flexibility index (Phi) is 3.77. The summed E-state index contributed by atoms with van der Waals surface area (Å²) in [6.45, 7) is 6.28. The molecule has 1 atom stereocenters. The summed E-state index contributed by atoms with van der Waals surface area (Å²) in [4.78, 5) is 16.3. The van der Waals surface area contributed by atoms with Gasteiger partial charge in [-0.3, -0.25) is 9.88 Å². The average molecular weight is 318 g/mol. The van der Waals surface area contributed by atoms with Gasteiger partial charge in [-0.1, -0.05) is 18.2 Å². The van der Waals surface area contributed by atoms with Crippen molar-refractivity contribution in [3.63, 3.8) is 0 Å². The van der Waals surface area contributed by atoms with Gasteiger partial charge in [-0.15, -0.1) is 0 Å². The lowest BCUT2D eigenvalue weighted by molar-refractivity contribution is 0.138. The zero-order valence-electron chi connectivity index (χ0n) is 14.2. The van der Waals surface area contributed by atoms with Crippen molar-refractivity contribution >= 4 is 10.9 Å². The summed E-state index contributed by atoms with van der Waals surface area (Å²) in [6.07, 6.45) is 6.06. The molecule has 4 rings (SSSR count). The summed E-state index contributed by atoms with van der Waals surface area (Å²) < 4.78 is 0. The highest BCUT2D eigenvalue weighted by atomic mass is 15.2. The highest BCUT2D eigenvalue weighted by Crippen LogP contribution is 2.38. The van der Waals surface area contributed by atoms with Crippen LogP contribution in [0.4, 0.5) is 0 Å². The van der Waals surface area contributed by atoms with Crippen LogP contribution >= 0.6 is 0 Å². The topological polar surface area (TPSA) is 41.9 Å². The molecule has 3 heterocycles. The normalized spacial score (nSPS) is 21.4. The quantitative estimate of drug-likeness (QED) is 0.736. The molecule has 1 aromatic carbocycles. The minimum Gasteiger partial charge on any atom is -0.287 e. The molecule has 24 heavy (non-hydrogen) atoms. The van der Waals surface area contributed by atoms with E-state index < -0.39 is 0 Å². The Morgan fingerprint density at radius 1 is 1.08 bits per heavy atom. The second-order valence-corrected chi connectivity index (χ2v) is 6.81. The molecule has 4 heteroatoms. The third-order valence-corrected chi connectivity index (χ3v) is 5.17. The summed E-state index contributed by atoms with van der Waals surface area (Å²) in [6, 6.07) is 12.5. The standard InChI is InChI=1S/C20H22N4/c1-15-8-11-22-19(23-15)20(2)10-5-13-24(20)14-16-9-12-21-18-7-4-3-6-17(16)18/h3-4,6-9,11-12H,5,10,13-14H2,1-2H3. The third-order valence-electron chi connectivity index (χ3n) is 5.17. The molecule has 122 valence electrons. The molecule has 1 unspecified atom stereocenters. The molecule has 0 radical (unpaired) electrons. The van der Waals surface area contributed by atoms with Gasteiger partial charge in [0.1, 0.15) is 5.82 Å². The first-order valence-corrected chi connectivity index (χ1v) is 8.55. The van der Waals surface area contributed by atoms with Crippen molar-refractivity contribution in [3.05, 3.63) is 65.9 Å². The van der Waals surface area contributed by atoms with Gasteiger partial charge < -0.3 is 0 Å². The van der Waals surface area contributed by atoms with Crippen molar-refractivity contribution in [1.29, 1.82) is 0 Å². The lowest BCUT2D eigenvalue weighted by Crippen LogP contribution is -2.39. The Labute approximate surface area is 142 Å². The molecule has 1 aliphatic rings. The first kappa shape index (κ1) is 15.2. The van der Waals surface area contributed by atoms with Crippen LogP contribution in [0, 0.1) is 6.92 Å². The van der Waals surface area contributed by atoms with Crippen LogP contribution in [0.25, 0.3) is 10.9 Å². The highest BCUT2D eigenvalue weighted by Gasteiger charge is 2.40. The zero-order chi connectivity index (χ0) is 16.6. The monoisotopic (exact) mass is 318 g/mol. The van der Waals surface area contributed by atoms with E-state index in [0.29, 0.717) is 0 Å². The number of rotatable bonds is 3. The number of benzene rings is 1. The maximum Gasteiger partial charge on any atom is 0.148 e. The lowest BCUT2D eigenvalue weighted by Gasteiger charge is -2.34. The van der Waals surface area contributed by atoms with Gasteiger partial charge in [0.05, 0.1) is 11.1 Å². The smallest absolute Gasteiger partial charge is 0.148 e. The van der Waals surface area contributed by atoms with Crippen LogP contribution in [0.15, 0.2) is 48.8 Å². The van der Waals surface area contributed by atoms with Crippen molar-refractivity contribution in [1.82, 2.24) is 19.9 Å². The average Bonchev–Trinajstić information content (AvgIpc) is 2.97. The Morgan fingerprint density at radius 2 is 1.92 bits per heavy atom. The van der Waals surface area contributed by atoms with Crippen LogP contribution < -0.4 is 0 Å². The van der Waals surface area contributed by atoms with Gasteiger partial charge in [0, 0.05) is 30.0 Å². The molecule has 4 nitrogen and oxygen atoms in total. The molecule has 1 fully saturated rings. The summed E-state index contributed by atoms with van der Waals surface area (Å²) in [5.41, 5.74) is 3.31. The van der Waals surface area contributed by atoms with E-state index in [1.807, 2.05) is 31.5 Å². The SMILES string of the molecule is Cc1ccnc(C2(C)CCCN2Cc2ccnc3ccccc23)n1. The van der Waals surface area contributed by atoms with E-state index in [2.05, 4.69) is 46.1 Å². The predicted molar refractivity (Wildman–Crippen MR) is 95.5 cm³/mol. The van der Waals surface area contributed by atoms with Crippen molar-refractivity contribution in [2.24, 2.45) is 0 Å². The molecule has 0 bridgehead atoms. The van der Waals surface area contributed by atoms with Gasteiger partial charge in [-0.05, 0) is 57.0 Å². The number of aryl methyl sites for hydroxylation is 1. The van der Waals surface area contributed by atoms with E-state index in [-0.39, 0.29) is 5.54 Å². The fraction of sp³-hybridized carbons (Fsp3) is 0.350. The second kappa shape index (κ2) is 5.95. The maximum atomic E-state index is 4.72. The molecule has 0 spiro atoms. The highest BCUT2D eigenvalue weighted by molar-refractivity contribution is 5.81. The maximum absolute atomic E-state index is 4.72. The van der Waals surface area contributed by atoms with Crippen molar-refractivity contribution in [3.8, 4) is 0 Å². The molecule has 1 saturated heterocycles. The van der Waals surface area contributed by atoms with Gasteiger partial charge in [-0.2, -0.15) is 0 Å². The fourth-order valence-electron chi connectivity index (χ4n) is 3.73. The van der Waals surface area contributed by atoms with E-state index in [0.717, 1.165) is 36.5 Å². The number of pyridine rings is 1. The van der Waals surface area contributed by atoms with E-state index in [1.165, 1.54) is 17.4 Å². The Balaban J connectivity index is 1.70. The first-order chi connectivity index (χ1) is 11.7. The number of hydrogen-bond acceptors (Lipinski definition) is 4. The van der Waals surface area contributed by atoms with Gasteiger partial charge in [0.2, 0.25) is 0 Å². The number of aromatic nitrogens is 3. The largest absolute Gasteiger partial charge is 0.287 e. The van der Waals surface area contributed by atoms with Gasteiger partial charge in [-0.25, -0.2) is 9.97 Å². The van der Waals surface area contributed by atoms with E-state index in [1.54, 1.807) is 0 Å². The Morgan fingerprint density at radius 3 is 2.79 bits per heavy atom. The molecule has 3 aromatic rings. The minimum absolute atomic E-state index is 0.101. The number of para-hydroxylation sites is 1. The predicted octanol–water partition coefficient (Wildman–Crippen LogP) is 3.84. The summed E-state index contributed by atoms with van der Waals surface area (Å²) in [7, 11) is 0. The van der Waals surface area contributed by atoms with Gasteiger partial charge in [0.15, 0.2) is 0 Å². The Bertz CT molecular complexity index is 871. The minimum atomic E-state index is -0.101. The van der Waals surface area contributed by atoms with E-state index in [4.69, 9.17) is 4.98 Å². The number of likely N-dealkylation sites (tertiary alicyclic amines) is 1. The molecule has 2 aromatic heterocycles.